The molecule has 2 aromatic rings. The third-order valence-electron chi connectivity index (χ3n) is 4.43. The van der Waals surface area contributed by atoms with Crippen LogP contribution in [0.1, 0.15) is 25.3 Å². The quantitative estimate of drug-likeness (QED) is 0.613. The summed E-state index contributed by atoms with van der Waals surface area (Å²) < 4.78 is 16.5. The third kappa shape index (κ3) is 5.85. The van der Waals surface area contributed by atoms with Crippen molar-refractivity contribution in [3.05, 3.63) is 54.1 Å². The molecule has 152 valence electrons. The van der Waals surface area contributed by atoms with Crippen LogP contribution in [-0.4, -0.2) is 32.0 Å². The lowest BCUT2D eigenvalue weighted by Crippen LogP contribution is -2.20. The molecule has 1 aliphatic carbocycles. The molecule has 29 heavy (non-hydrogen) atoms. The summed E-state index contributed by atoms with van der Waals surface area (Å²) in [7, 11) is 1.55. The van der Waals surface area contributed by atoms with Crippen molar-refractivity contribution < 1.29 is 23.8 Å². The Labute approximate surface area is 170 Å². The molecule has 0 saturated heterocycles. The smallest absolute Gasteiger partial charge is 0.262 e. The van der Waals surface area contributed by atoms with Crippen LogP contribution in [0.3, 0.4) is 0 Å². The summed E-state index contributed by atoms with van der Waals surface area (Å²) in [5.74, 6) is 1.62. The van der Waals surface area contributed by atoms with Gasteiger partial charge in [0.15, 0.2) is 23.9 Å². The van der Waals surface area contributed by atoms with Gasteiger partial charge in [-0.1, -0.05) is 24.3 Å². The van der Waals surface area contributed by atoms with Gasteiger partial charge in [-0.15, -0.1) is 0 Å². The first-order valence-corrected chi connectivity index (χ1v) is 9.65. The second-order valence-electron chi connectivity index (χ2n) is 6.69. The van der Waals surface area contributed by atoms with E-state index in [0.717, 1.165) is 18.4 Å². The average Bonchev–Trinajstić information content (AvgIpc) is 3.57. The highest BCUT2D eigenvalue weighted by atomic mass is 16.5. The van der Waals surface area contributed by atoms with Crippen molar-refractivity contribution >= 4 is 23.5 Å². The molecule has 1 N–H and O–H groups in total. The number of amides is 1. The van der Waals surface area contributed by atoms with Gasteiger partial charge >= 0.3 is 0 Å². The van der Waals surface area contributed by atoms with Crippen molar-refractivity contribution in [3.8, 4) is 17.2 Å². The second-order valence-corrected chi connectivity index (χ2v) is 6.69. The van der Waals surface area contributed by atoms with E-state index in [1.807, 2.05) is 25.1 Å². The number of allylic oxidation sites excluding steroid dienone is 1. The largest absolute Gasteiger partial charge is 0.495 e. The number of carbonyl (C=O) groups excluding carboxylic acids is 2. The SMILES string of the molecule is CCOc1cc(/C=C/C(=O)C2CC2)ccc1OCC(=O)Nc1ccccc1OC. The molecule has 0 heterocycles. The van der Waals surface area contributed by atoms with E-state index in [1.165, 1.54) is 0 Å². The topological polar surface area (TPSA) is 73.9 Å². The van der Waals surface area contributed by atoms with Gasteiger partial charge in [0.05, 0.1) is 19.4 Å². The first kappa shape index (κ1) is 20.5. The summed E-state index contributed by atoms with van der Waals surface area (Å²) in [6.45, 7) is 2.16. The molecular formula is C23H25NO5. The van der Waals surface area contributed by atoms with E-state index < -0.39 is 0 Å². The van der Waals surface area contributed by atoms with Crippen LogP contribution >= 0.6 is 0 Å². The Morgan fingerprint density at radius 3 is 2.59 bits per heavy atom. The third-order valence-corrected chi connectivity index (χ3v) is 4.43. The number of methoxy groups -OCH3 is 1. The highest BCUT2D eigenvalue weighted by Gasteiger charge is 2.27. The molecule has 1 saturated carbocycles. The molecule has 1 aliphatic rings. The van der Waals surface area contributed by atoms with Gasteiger partial charge in [-0.05, 0) is 55.7 Å². The lowest BCUT2D eigenvalue weighted by molar-refractivity contribution is -0.118. The van der Waals surface area contributed by atoms with Crippen molar-refractivity contribution in [2.45, 2.75) is 19.8 Å². The predicted molar refractivity (Wildman–Crippen MR) is 111 cm³/mol. The lowest BCUT2D eigenvalue weighted by atomic mass is 10.1. The summed E-state index contributed by atoms with van der Waals surface area (Å²) in [5, 5.41) is 2.77. The molecular weight excluding hydrogens is 370 g/mol. The summed E-state index contributed by atoms with van der Waals surface area (Å²) in [5.41, 5.74) is 1.42. The summed E-state index contributed by atoms with van der Waals surface area (Å²) in [4.78, 5) is 24.1. The molecule has 6 nitrogen and oxygen atoms in total. The molecule has 6 heteroatoms. The van der Waals surface area contributed by atoms with E-state index in [0.29, 0.717) is 29.5 Å². The molecule has 1 fully saturated rings. The minimum atomic E-state index is -0.309. The molecule has 0 aromatic heterocycles. The monoisotopic (exact) mass is 395 g/mol. The average molecular weight is 395 g/mol. The number of ether oxygens (including phenoxy) is 3. The zero-order chi connectivity index (χ0) is 20.6. The zero-order valence-corrected chi connectivity index (χ0v) is 16.6. The fraction of sp³-hybridized carbons (Fsp3) is 0.304. The number of hydrogen-bond donors (Lipinski definition) is 1. The first-order valence-electron chi connectivity index (χ1n) is 9.65. The number of anilines is 1. The number of rotatable bonds is 10. The fourth-order valence-electron chi connectivity index (χ4n) is 2.78. The Morgan fingerprint density at radius 2 is 1.86 bits per heavy atom. The van der Waals surface area contributed by atoms with E-state index >= 15 is 0 Å². The predicted octanol–water partition coefficient (Wildman–Crippen LogP) is 4.10. The zero-order valence-electron chi connectivity index (χ0n) is 16.6. The van der Waals surface area contributed by atoms with Gasteiger partial charge in [-0.3, -0.25) is 9.59 Å². The number of carbonyl (C=O) groups is 2. The lowest BCUT2D eigenvalue weighted by Gasteiger charge is -2.13. The molecule has 3 rings (SSSR count). The number of hydrogen-bond acceptors (Lipinski definition) is 5. The molecule has 0 bridgehead atoms. The van der Waals surface area contributed by atoms with Crippen LogP contribution in [0.25, 0.3) is 6.08 Å². The van der Waals surface area contributed by atoms with Crippen molar-refractivity contribution in [1.82, 2.24) is 0 Å². The number of ketones is 1. The maximum atomic E-state index is 12.3. The Morgan fingerprint density at radius 1 is 1.07 bits per heavy atom. The van der Waals surface area contributed by atoms with E-state index in [4.69, 9.17) is 14.2 Å². The number of para-hydroxylation sites is 2. The van der Waals surface area contributed by atoms with E-state index in [9.17, 15) is 9.59 Å². The Hall–Kier alpha value is -3.28. The molecule has 1 amide bonds. The maximum Gasteiger partial charge on any atom is 0.262 e. The fourth-order valence-corrected chi connectivity index (χ4v) is 2.78. The Kier molecular flexibility index (Phi) is 6.89. The number of nitrogens with one attached hydrogen (secondary N) is 1. The Bertz CT molecular complexity index is 902. The standard InChI is InChI=1S/C23H25NO5/c1-3-28-22-14-16(8-12-19(25)17-10-11-17)9-13-21(22)29-15-23(26)24-18-6-4-5-7-20(18)27-2/h4-9,12-14,17H,3,10-11,15H2,1-2H3,(H,24,26)/b12-8+. The van der Waals surface area contributed by atoms with Gasteiger partial charge in [-0.2, -0.15) is 0 Å². The molecule has 0 unspecified atom stereocenters. The molecule has 2 aromatic carbocycles. The van der Waals surface area contributed by atoms with Crippen LogP contribution in [0, 0.1) is 5.92 Å². The van der Waals surface area contributed by atoms with Gasteiger partial charge in [0.1, 0.15) is 5.75 Å². The van der Waals surface area contributed by atoms with Crippen LogP contribution in [0.2, 0.25) is 0 Å². The first-order chi connectivity index (χ1) is 14.1. The van der Waals surface area contributed by atoms with Crippen LogP contribution in [0.15, 0.2) is 48.5 Å². The van der Waals surface area contributed by atoms with Crippen LogP contribution < -0.4 is 19.5 Å². The summed E-state index contributed by atoms with van der Waals surface area (Å²) >= 11 is 0. The minimum absolute atomic E-state index is 0.163. The van der Waals surface area contributed by atoms with Crippen molar-refractivity contribution in [2.24, 2.45) is 5.92 Å². The normalized spacial score (nSPS) is 13.2. The molecule has 0 aliphatic heterocycles. The van der Waals surface area contributed by atoms with Crippen molar-refractivity contribution in [2.75, 3.05) is 25.6 Å². The van der Waals surface area contributed by atoms with Gasteiger partial charge in [0.25, 0.3) is 5.91 Å². The summed E-state index contributed by atoms with van der Waals surface area (Å²) in [6.07, 6.45) is 5.36. The molecule has 0 spiro atoms. The molecule has 0 radical (unpaired) electrons. The summed E-state index contributed by atoms with van der Waals surface area (Å²) in [6, 6.07) is 12.5. The van der Waals surface area contributed by atoms with Crippen LogP contribution in [0.5, 0.6) is 17.2 Å². The van der Waals surface area contributed by atoms with Gasteiger partial charge in [0.2, 0.25) is 0 Å². The molecule has 0 atom stereocenters. The Balaban J connectivity index is 1.63. The van der Waals surface area contributed by atoms with E-state index in [1.54, 1.807) is 43.5 Å². The van der Waals surface area contributed by atoms with Crippen molar-refractivity contribution in [1.29, 1.82) is 0 Å². The van der Waals surface area contributed by atoms with Gasteiger partial charge in [0, 0.05) is 5.92 Å². The van der Waals surface area contributed by atoms with Gasteiger partial charge < -0.3 is 19.5 Å². The second kappa shape index (κ2) is 9.78. The van der Waals surface area contributed by atoms with Crippen LogP contribution in [-0.2, 0) is 9.59 Å². The highest BCUT2D eigenvalue weighted by Crippen LogP contribution is 2.32. The van der Waals surface area contributed by atoms with E-state index in [-0.39, 0.29) is 24.2 Å². The van der Waals surface area contributed by atoms with Gasteiger partial charge in [-0.25, -0.2) is 0 Å². The van der Waals surface area contributed by atoms with Crippen LogP contribution in [0.4, 0.5) is 5.69 Å². The minimum Gasteiger partial charge on any atom is -0.495 e. The highest BCUT2D eigenvalue weighted by molar-refractivity contribution is 5.97. The maximum absolute atomic E-state index is 12.3. The van der Waals surface area contributed by atoms with Crippen molar-refractivity contribution in [3.63, 3.8) is 0 Å². The number of benzene rings is 2. The van der Waals surface area contributed by atoms with E-state index in [2.05, 4.69) is 5.32 Å².